The summed E-state index contributed by atoms with van der Waals surface area (Å²) in [4.78, 5) is 16.3. The van der Waals surface area contributed by atoms with Crippen molar-refractivity contribution >= 4 is 17.6 Å². The first-order chi connectivity index (χ1) is 10.8. The van der Waals surface area contributed by atoms with E-state index in [9.17, 15) is 4.79 Å². The largest absolute Gasteiger partial charge is 0.356 e. The summed E-state index contributed by atoms with van der Waals surface area (Å²) in [5.41, 5.74) is 2.05. The van der Waals surface area contributed by atoms with Crippen molar-refractivity contribution in [1.82, 2.24) is 10.6 Å². The van der Waals surface area contributed by atoms with Gasteiger partial charge in [0.1, 0.15) is 0 Å². The van der Waals surface area contributed by atoms with Gasteiger partial charge in [-0.2, -0.15) is 0 Å². The number of anilines is 1. The monoisotopic (exact) mass is 300 g/mol. The minimum Gasteiger partial charge on any atom is -0.356 e. The van der Waals surface area contributed by atoms with Gasteiger partial charge in [-0.05, 0) is 36.8 Å². The number of aliphatic imine (C=N–C) groups is 1. The molecule has 1 amide bonds. The smallest absolute Gasteiger partial charge is 0.232 e. The lowest BCUT2D eigenvalue weighted by molar-refractivity contribution is -0.117. The van der Waals surface area contributed by atoms with Crippen LogP contribution in [0.1, 0.15) is 37.2 Å². The van der Waals surface area contributed by atoms with E-state index in [0.29, 0.717) is 0 Å². The van der Waals surface area contributed by atoms with Crippen molar-refractivity contribution in [3.05, 3.63) is 29.8 Å². The molecule has 1 fully saturated rings. The quantitative estimate of drug-likeness (QED) is 0.576. The fourth-order valence-corrected chi connectivity index (χ4v) is 3.06. The first-order valence-electron chi connectivity index (χ1n) is 8.12. The van der Waals surface area contributed by atoms with Crippen LogP contribution in [0.2, 0.25) is 0 Å². The fraction of sp³-hybridized carbons (Fsp3) is 0.529. The van der Waals surface area contributed by atoms with E-state index in [1.807, 2.05) is 24.3 Å². The number of carbonyl (C=O) groups excluding carboxylic acids is 1. The third kappa shape index (κ3) is 3.24. The fourth-order valence-electron chi connectivity index (χ4n) is 3.06. The van der Waals surface area contributed by atoms with Crippen LogP contribution in [-0.4, -0.2) is 32.0 Å². The molecule has 1 aliphatic carbocycles. The zero-order valence-electron chi connectivity index (χ0n) is 13.1. The van der Waals surface area contributed by atoms with E-state index < -0.39 is 0 Å². The molecule has 1 aromatic carbocycles. The number of hydrogen-bond acceptors (Lipinski definition) is 2. The molecular formula is C17H24N4O. The molecule has 118 valence electrons. The number of guanidine groups is 1. The zero-order chi connectivity index (χ0) is 15.4. The highest BCUT2D eigenvalue weighted by molar-refractivity contribution is 6.02. The Morgan fingerprint density at radius 3 is 2.86 bits per heavy atom. The molecule has 1 aromatic rings. The summed E-state index contributed by atoms with van der Waals surface area (Å²) in [7, 11) is 1.79. The maximum absolute atomic E-state index is 12.1. The average molecular weight is 300 g/mol. The number of para-hydroxylation sites is 1. The van der Waals surface area contributed by atoms with Crippen molar-refractivity contribution in [3.8, 4) is 0 Å². The Morgan fingerprint density at radius 2 is 2.14 bits per heavy atom. The van der Waals surface area contributed by atoms with Gasteiger partial charge in [-0.1, -0.05) is 24.6 Å². The normalized spacial score (nSPS) is 21.0. The molecule has 22 heavy (non-hydrogen) atoms. The van der Waals surface area contributed by atoms with Crippen molar-refractivity contribution in [2.45, 2.75) is 31.6 Å². The Balaban J connectivity index is 1.46. The van der Waals surface area contributed by atoms with Crippen LogP contribution in [0, 0.1) is 5.92 Å². The number of nitrogens with one attached hydrogen (secondary N) is 3. The Labute approximate surface area is 131 Å². The van der Waals surface area contributed by atoms with Gasteiger partial charge in [0, 0.05) is 25.8 Å². The van der Waals surface area contributed by atoms with Gasteiger partial charge >= 0.3 is 0 Å². The van der Waals surface area contributed by atoms with Gasteiger partial charge in [-0.15, -0.1) is 0 Å². The standard InChI is InChI=1S/C17H24N4O/c1-18-17(20-11-12-5-4-6-12)19-10-9-14-13-7-2-3-8-15(13)21-16(14)22/h2-3,7-8,12,14H,4-6,9-11H2,1H3,(H,21,22)(H2,18,19,20). The molecule has 0 saturated heterocycles. The molecule has 1 aliphatic heterocycles. The Kier molecular flexibility index (Phi) is 4.61. The number of hydrogen-bond donors (Lipinski definition) is 3. The van der Waals surface area contributed by atoms with Gasteiger partial charge in [0.15, 0.2) is 5.96 Å². The van der Waals surface area contributed by atoms with Gasteiger partial charge in [-0.3, -0.25) is 9.79 Å². The van der Waals surface area contributed by atoms with Gasteiger partial charge in [0.05, 0.1) is 5.92 Å². The first kappa shape index (κ1) is 14.9. The van der Waals surface area contributed by atoms with E-state index in [1.54, 1.807) is 7.05 Å². The van der Waals surface area contributed by atoms with Crippen LogP contribution in [0.3, 0.4) is 0 Å². The maximum atomic E-state index is 12.1. The molecule has 0 spiro atoms. The molecule has 0 aromatic heterocycles. The van der Waals surface area contributed by atoms with Crippen LogP contribution in [0.25, 0.3) is 0 Å². The lowest BCUT2D eigenvalue weighted by Gasteiger charge is -2.26. The molecular weight excluding hydrogens is 276 g/mol. The lowest BCUT2D eigenvalue weighted by atomic mass is 9.85. The molecule has 0 radical (unpaired) electrons. The van der Waals surface area contributed by atoms with Crippen molar-refractivity contribution < 1.29 is 4.79 Å². The van der Waals surface area contributed by atoms with Crippen LogP contribution in [0.5, 0.6) is 0 Å². The third-order valence-corrected chi connectivity index (χ3v) is 4.64. The maximum Gasteiger partial charge on any atom is 0.232 e. The SMILES string of the molecule is CN=C(NCCC1C(=O)Nc2ccccc21)NCC1CCC1. The summed E-state index contributed by atoms with van der Waals surface area (Å²) in [6, 6.07) is 7.92. The van der Waals surface area contributed by atoms with E-state index in [-0.39, 0.29) is 11.8 Å². The second kappa shape index (κ2) is 6.81. The average Bonchev–Trinajstić information content (AvgIpc) is 2.80. The molecule has 2 aliphatic rings. The Hall–Kier alpha value is -2.04. The van der Waals surface area contributed by atoms with Crippen LogP contribution in [-0.2, 0) is 4.79 Å². The predicted molar refractivity (Wildman–Crippen MR) is 89.1 cm³/mol. The van der Waals surface area contributed by atoms with Gasteiger partial charge in [-0.25, -0.2) is 0 Å². The molecule has 1 saturated carbocycles. The highest BCUT2D eigenvalue weighted by Gasteiger charge is 2.29. The Morgan fingerprint density at radius 1 is 1.32 bits per heavy atom. The number of rotatable bonds is 5. The third-order valence-electron chi connectivity index (χ3n) is 4.64. The predicted octanol–water partition coefficient (Wildman–Crippen LogP) is 2.08. The van der Waals surface area contributed by atoms with Crippen LogP contribution in [0.15, 0.2) is 29.3 Å². The summed E-state index contributed by atoms with van der Waals surface area (Å²) in [6.45, 7) is 1.73. The summed E-state index contributed by atoms with van der Waals surface area (Å²) >= 11 is 0. The number of amides is 1. The second-order valence-corrected chi connectivity index (χ2v) is 6.09. The number of carbonyl (C=O) groups is 1. The van der Waals surface area contributed by atoms with Crippen molar-refractivity contribution in [1.29, 1.82) is 0 Å². The van der Waals surface area contributed by atoms with Crippen molar-refractivity contribution in [2.24, 2.45) is 10.9 Å². The van der Waals surface area contributed by atoms with Crippen LogP contribution in [0.4, 0.5) is 5.69 Å². The van der Waals surface area contributed by atoms with E-state index in [4.69, 9.17) is 0 Å². The Bertz CT molecular complexity index is 566. The minimum atomic E-state index is -0.0616. The molecule has 5 nitrogen and oxygen atoms in total. The minimum absolute atomic E-state index is 0.0616. The zero-order valence-corrected chi connectivity index (χ0v) is 13.1. The lowest BCUT2D eigenvalue weighted by Crippen LogP contribution is -2.41. The topological polar surface area (TPSA) is 65.5 Å². The molecule has 1 heterocycles. The highest BCUT2D eigenvalue weighted by Crippen LogP contribution is 2.33. The molecule has 0 bridgehead atoms. The van der Waals surface area contributed by atoms with E-state index in [0.717, 1.165) is 42.6 Å². The summed E-state index contributed by atoms with van der Waals surface area (Å²) < 4.78 is 0. The summed E-state index contributed by atoms with van der Waals surface area (Å²) in [5, 5.41) is 9.62. The van der Waals surface area contributed by atoms with E-state index in [2.05, 4.69) is 20.9 Å². The molecule has 3 N–H and O–H groups in total. The van der Waals surface area contributed by atoms with Crippen LogP contribution < -0.4 is 16.0 Å². The molecule has 1 unspecified atom stereocenters. The van der Waals surface area contributed by atoms with E-state index in [1.165, 1.54) is 19.3 Å². The van der Waals surface area contributed by atoms with Gasteiger partial charge in [0.25, 0.3) is 0 Å². The van der Waals surface area contributed by atoms with Gasteiger partial charge in [0.2, 0.25) is 5.91 Å². The summed E-state index contributed by atoms with van der Waals surface area (Å²) in [6.07, 6.45) is 4.77. The highest BCUT2D eigenvalue weighted by atomic mass is 16.2. The number of fused-ring (bicyclic) bond motifs is 1. The van der Waals surface area contributed by atoms with Crippen molar-refractivity contribution in [2.75, 3.05) is 25.5 Å². The molecule has 1 atom stereocenters. The number of nitrogens with zero attached hydrogens (tertiary/aromatic N) is 1. The summed E-state index contributed by atoms with van der Waals surface area (Å²) in [5.74, 6) is 1.67. The van der Waals surface area contributed by atoms with Gasteiger partial charge < -0.3 is 16.0 Å². The van der Waals surface area contributed by atoms with E-state index >= 15 is 0 Å². The first-order valence-corrected chi connectivity index (χ1v) is 8.12. The molecule has 5 heteroatoms. The van der Waals surface area contributed by atoms with Crippen LogP contribution >= 0.6 is 0 Å². The number of benzene rings is 1. The second-order valence-electron chi connectivity index (χ2n) is 6.09. The van der Waals surface area contributed by atoms with Crippen molar-refractivity contribution in [3.63, 3.8) is 0 Å². The molecule has 3 rings (SSSR count).